The number of hydrogen-bond donors (Lipinski definition) is 0. The van der Waals surface area contributed by atoms with Gasteiger partial charge in [-0.2, -0.15) is 0 Å². The molecule has 21 aromatic carbocycles. The van der Waals surface area contributed by atoms with Crippen LogP contribution in [0.4, 0.5) is 0 Å². The van der Waals surface area contributed by atoms with Gasteiger partial charge in [0.1, 0.15) is 16.2 Å². The second-order valence-electron chi connectivity index (χ2n) is 38.4. The molecule has 0 aliphatic heterocycles. The van der Waals surface area contributed by atoms with Crippen LogP contribution in [-0.4, -0.2) is 58.6 Å². The zero-order valence-corrected chi connectivity index (χ0v) is 81.3. The Kier molecular flexibility index (Phi) is 21.3. The highest BCUT2D eigenvalue weighted by atomic mass is 15.1. The minimum atomic E-state index is -0.768. The van der Waals surface area contributed by atoms with E-state index >= 15 is 0 Å². The van der Waals surface area contributed by atoms with Crippen molar-refractivity contribution in [2.75, 3.05) is 0 Å². The van der Waals surface area contributed by atoms with Gasteiger partial charge in [0, 0.05) is 82.8 Å². The quantitative estimate of drug-likeness (QED) is 0.0984. The Bertz CT molecular complexity index is 9740. The molecule has 0 saturated carbocycles. The first-order valence-corrected chi connectivity index (χ1v) is 50.9. The smallest absolute Gasteiger partial charge is 0.165 e. The highest BCUT2D eigenvalue weighted by Gasteiger charge is 2.53. The molecule has 0 unspecified atom stereocenters. The van der Waals surface area contributed by atoms with Crippen molar-refractivity contribution in [3.63, 3.8) is 0 Å². The second kappa shape index (κ2) is 36.4. The van der Waals surface area contributed by atoms with Crippen LogP contribution in [0.2, 0.25) is 0 Å². The molecule has 0 fully saturated rings. The van der Waals surface area contributed by atoms with E-state index in [0.29, 0.717) is 52.4 Å². The van der Waals surface area contributed by atoms with Crippen molar-refractivity contribution in [3.8, 4) is 119 Å². The van der Waals surface area contributed by atoms with E-state index in [9.17, 15) is 0 Å². The summed E-state index contributed by atoms with van der Waals surface area (Å²) in [5.74, 6) is 5.96. The molecule has 3 aliphatic carbocycles. The molecule has 702 valence electrons. The summed E-state index contributed by atoms with van der Waals surface area (Å²) in [5.41, 5.74) is 31.0. The summed E-state index contributed by atoms with van der Waals surface area (Å²) in [6.45, 7) is 0. The Morgan fingerprint density at radius 1 is 0.140 bits per heavy atom. The van der Waals surface area contributed by atoms with E-state index in [0.717, 1.165) is 111 Å². The zero-order valence-electron chi connectivity index (χ0n) is 81.3. The standard InChI is InChI=1S/3C46H30N4/c1-4-17-31(18-5-1)43-47-44(38-27-16-26-37-36-25-12-15-30-41(36)50(42(37)38)33-21-8-3-9-22-33)49-45(48-43)46(32-19-6-2-7-20-32)39-28-13-10-23-34(39)35-24-11-14-29-40(35)46;1-4-16-31(17-5-1)43-47-44(32-28-29-42-38(30-32)37-24-12-15-27-41(37)50(42)34-20-8-3-9-21-34)49-45(48-43)46(33-18-6-2-7-19-33)39-25-13-10-22-35(39)36-23-11-14-26-40(36)46;1-4-16-31(17-5-1)43-47-44(32-28-29-38-37-24-12-15-27-41(37)50(42(38)30-32)34-20-8-3-9-21-34)49-45(48-43)46(33-18-6-2-7-19-33)39-25-13-10-22-35(39)36-23-11-14-26-40(36)46/h3*1-30H. The summed E-state index contributed by atoms with van der Waals surface area (Å²) in [4.78, 5) is 48.5. The summed E-state index contributed by atoms with van der Waals surface area (Å²) in [5, 5.41) is 7.07. The monoisotopic (exact) mass is 1910 g/mol. The fraction of sp³-hybridized carbons (Fsp3) is 0.0217. The van der Waals surface area contributed by atoms with Crippen LogP contribution in [-0.2, 0) is 16.2 Å². The van der Waals surface area contributed by atoms with E-state index in [4.69, 9.17) is 44.9 Å². The normalized spacial score (nSPS) is 13.0. The van der Waals surface area contributed by atoms with Gasteiger partial charge in [0.15, 0.2) is 52.4 Å². The SMILES string of the molecule is c1ccc(-c2nc(-c3ccc4c(c3)c3ccccc3n4-c3ccccc3)nc(C3(c4ccccc4)c4ccccc4-c4ccccc43)n2)cc1.c1ccc(-c2nc(-c3ccc4c5ccccc5n(-c5ccccc5)c4c3)nc(C3(c4ccccc4)c4ccccc4-c4ccccc43)n2)cc1.c1ccc(-c2nc(-c3cccc4c5ccccc5n(-c5ccccc5)c34)nc(C3(c4ccccc4)c4ccccc4-c4ccccc43)n2)cc1. The first kappa shape index (κ1) is 87.8. The molecule has 6 heterocycles. The molecule has 0 radical (unpaired) electrons. The molecule has 0 atom stereocenters. The number of fused-ring (bicyclic) bond motifs is 18. The van der Waals surface area contributed by atoms with Gasteiger partial charge in [-0.05, 0) is 168 Å². The molecular formula is C138H90N12. The van der Waals surface area contributed by atoms with Gasteiger partial charge in [-0.25, -0.2) is 44.9 Å². The van der Waals surface area contributed by atoms with Crippen molar-refractivity contribution in [1.82, 2.24) is 58.6 Å². The lowest BCUT2D eigenvalue weighted by Gasteiger charge is -2.32. The molecule has 27 aromatic rings. The molecule has 12 heteroatoms. The van der Waals surface area contributed by atoms with Crippen LogP contribution in [0.3, 0.4) is 0 Å². The van der Waals surface area contributed by atoms with Crippen LogP contribution >= 0.6 is 0 Å². The first-order valence-electron chi connectivity index (χ1n) is 50.9. The van der Waals surface area contributed by atoms with Gasteiger partial charge < -0.3 is 13.7 Å². The predicted molar refractivity (Wildman–Crippen MR) is 607 cm³/mol. The fourth-order valence-corrected chi connectivity index (χ4v) is 23.9. The highest BCUT2D eigenvalue weighted by Crippen LogP contribution is 2.60. The summed E-state index contributed by atoms with van der Waals surface area (Å²) in [6, 6.07) is 192. The Morgan fingerprint density at radius 3 is 0.753 bits per heavy atom. The number of aromatic nitrogens is 12. The minimum Gasteiger partial charge on any atom is -0.309 e. The van der Waals surface area contributed by atoms with E-state index < -0.39 is 16.2 Å². The summed E-state index contributed by atoms with van der Waals surface area (Å²) < 4.78 is 7.02. The Morgan fingerprint density at radius 2 is 0.380 bits per heavy atom. The molecule has 12 nitrogen and oxygen atoms in total. The third-order valence-electron chi connectivity index (χ3n) is 30.3. The maximum atomic E-state index is 5.58. The van der Waals surface area contributed by atoms with Crippen molar-refractivity contribution < 1.29 is 0 Å². The molecule has 30 rings (SSSR count). The van der Waals surface area contributed by atoms with E-state index in [2.05, 4.69) is 505 Å². The molecule has 6 aromatic heterocycles. The lowest BCUT2D eigenvalue weighted by atomic mass is 9.71. The lowest BCUT2D eigenvalue weighted by molar-refractivity contribution is 0.692. The van der Waals surface area contributed by atoms with Crippen molar-refractivity contribution in [1.29, 1.82) is 0 Å². The van der Waals surface area contributed by atoms with E-state index in [-0.39, 0.29) is 0 Å². The molecule has 0 amide bonds. The summed E-state index contributed by atoms with van der Waals surface area (Å²) >= 11 is 0. The topological polar surface area (TPSA) is 131 Å². The maximum absolute atomic E-state index is 5.58. The van der Waals surface area contributed by atoms with Crippen LogP contribution < -0.4 is 0 Å². The van der Waals surface area contributed by atoms with Crippen LogP contribution in [0.25, 0.3) is 184 Å². The van der Waals surface area contributed by atoms with E-state index in [1.807, 2.05) is 54.6 Å². The number of nitrogens with zero attached hydrogens (tertiary/aromatic N) is 12. The number of hydrogen-bond acceptors (Lipinski definition) is 9. The van der Waals surface area contributed by atoms with Crippen LogP contribution in [0.1, 0.15) is 67.5 Å². The van der Waals surface area contributed by atoms with Crippen molar-refractivity contribution in [3.05, 3.63) is 614 Å². The molecule has 0 spiro atoms. The van der Waals surface area contributed by atoms with Gasteiger partial charge in [0.2, 0.25) is 0 Å². The number of para-hydroxylation sites is 7. The maximum Gasteiger partial charge on any atom is 0.165 e. The lowest BCUT2D eigenvalue weighted by Crippen LogP contribution is -2.31. The Balaban J connectivity index is 0.000000108. The fourth-order valence-electron chi connectivity index (χ4n) is 23.9. The molecule has 0 N–H and O–H groups in total. The van der Waals surface area contributed by atoms with E-state index in [1.54, 1.807) is 0 Å². The largest absolute Gasteiger partial charge is 0.309 e. The van der Waals surface area contributed by atoms with Gasteiger partial charge in [-0.3, -0.25) is 0 Å². The molecule has 3 aliphatic rings. The van der Waals surface area contributed by atoms with Gasteiger partial charge in [0.05, 0.1) is 33.1 Å². The third kappa shape index (κ3) is 14.1. The van der Waals surface area contributed by atoms with E-state index in [1.165, 1.54) is 88.3 Å². The van der Waals surface area contributed by atoms with Crippen LogP contribution in [0, 0.1) is 0 Å². The average molecular weight is 1920 g/mol. The van der Waals surface area contributed by atoms with Crippen molar-refractivity contribution >= 4 is 65.4 Å². The van der Waals surface area contributed by atoms with Crippen LogP contribution in [0.15, 0.2) is 546 Å². The van der Waals surface area contributed by atoms with Gasteiger partial charge >= 0.3 is 0 Å². The molecule has 0 saturated heterocycles. The highest BCUT2D eigenvalue weighted by molar-refractivity contribution is 6.15. The zero-order chi connectivity index (χ0) is 99.2. The molecular weight excluding hydrogens is 1830 g/mol. The minimum absolute atomic E-state index is 0.636. The van der Waals surface area contributed by atoms with Gasteiger partial charge in [-0.1, -0.05) is 461 Å². The van der Waals surface area contributed by atoms with Crippen molar-refractivity contribution in [2.45, 2.75) is 16.2 Å². The predicted octanol–water partition coefficient (Wildman–Crippen LogP) is 32.0. The first-order chi connectivity index (χ1) is 74.4. The Labute approximate surface area is 866 Å². The Hall–Kier alpha value is -20.0. The second-order valence-corrected chi connectivity index (χ2v) is 38.4. The van der Waals surface area contributed by atoms with Gasteiger partial charge in [-0.15, -0.1) is 0 Å². The van der Waals surface area contributed by atoms with Crippen LogP contribution in [0.5, 0.6) is 0 Å². The third-order valence-corrected chi connectivity index (χ3v) is 30.3. The van der Waals surface area contributed by atoms with Gasteiger partial charge in [0.25, 0.3) is 0 Å². The summed E-state index contributed by atoms with van der Waals surface area (Å²) in [7, 11) is 0. The summed E-state index contributed by atoms with van der Waals surface area (Å²) in [6.07, 6.45) is 0. The number of benzene rings is 21. The van der Waals surface area contributed by atoms with Crippen molar-refractivity contribution in [2.24, 2.45) is 0 Å². The molecule has 150 heavy (non-hydrogen) atoms. The number of rotatable bonds is 15. The molecule has 0 bridgehead atoms. The average Bonchev–Trinajstić information content (AvgIpc) is 1.54.